The average molecular weight is 468 g/mol. The zero-order chi connectivity index (χ0) is 23.8. The van der Waals surface area contributed by atoms with Crippen LogP contribution in [0.25, 0.3) is 17.2 Å². The number of hydrogen-bond donors (Lipinski definition) is 1. The van der Waals surface area contributed by atoms with Crippen molar-refractivity contribution >= 4 is 5.91 Å². The minimum atomic E-state index is -0.266. The number of nitrogens with zero attached hydrogens (tertiary/aromatic N) is 4. The van der Waals surface area contributed by atoms with Gasteiger partial charge in [0.05, 0.1) is 29.7 Å². The Balaban J connectivity index is 1.21. The van der Waals surface area contributed by atoms with Gasteiger partial charge in [0.25, 0.3) is 11.9 Å². The number of benzene rings is 2. The zero-order valence-electron chi connectivity index (χ0n) is 19.4. The number of hydrogen-bond acceptors (Lipinski definition) is 6. The Bertz CT molecular complexity index is 1410. The summed E-state index contributed by atoms with van der Waals surface area (Å²) in [6.45, 7) is 2.55. The normalized spacial score (nSPS) is 16.1. The summed E-state index contributed by atoms with van der Waals surface area (Å²) in [4.78, 5) is 22.4. The van der Waals surface area contributed by atoms with Gasteiger partial charge in [-0.05, 0) is 49.4 Å². The molecule has 0 radical (unpaired) electrons. The first-order valence-corrected chi connectivity index (χ1v) is 11.8. The van der Waals surface area contributed by atoms with E-state index < -0.39 is 0 Å². The number of carbonyl (C=O) groups is 1. The van der Waals surface area contributed by atoms with E-state index in [1.54, 1.807) is 10.9 Å². The van der Waals surface area contributed by atoms with Gasteiger partial charge >= 0.3 is 0 Å². The van der Waals surface area contributed by atoms with Crippen molar-refractivity contribution in [2.45, 2.75) is 32.3 Å². The first kappa shape index (κ1) is 21.3. The van der Waals surface area contributed by atoms with Gasteiger partial charge in [-0.2, -0.15) is 5.10 Å². The molecule has 2 aliphatic rings. The summed E-state index contributed by atoms with van der Waals surface area (Å²) in [6, 6.07) is 15.9. The van der Waals surface area contributed by atoms with Crippen molar-refractivity contribution in [1.82, 2.24) is 25.1 Å². The highest BCUT2D eigenvalue weighted by Gasteiger charge is 2.23. The van der Waals surface area contributed by atoms with Gasteiger partial charge in [0.2, 0.25) is 0 Å². The molecule has 2 aromatic carbocycles. The van der Waals surface area contributed by atoms with Gasteiger partial charge in [0, 0.05) is 11.8 Å². The molecule has 1 N–H and O–H groups in total. The molecule has 6 rings (SSSR count). The van der Waals surface area contributed by atoms with Gasteiger partial charge in [-0.3, -0.25) is 4.79 Å². The molecule has 0 unspecified atom stereocenters. The van der Waals surface area contributed by atoms with E-state index >= 15 is 0 Å². The lowest BCUT2D eigenvalue weighted by Crippen LogP contribution is -2.40. The van der Waals surface area contributed by atoms with Crippen LogP contribution in [0.2, 0.25) is 0 Å². The monoisotopic (exact) mass is 467 g/mol. The molecule has 4 aromatic rings. The molecule has 1 aliphatic carbocycles. The van der Waals surface area contributed by atoms with E-state index in [0.29, 0.717) is 36.1 Å². The Morgan fingerprint density at radius 1 is 1.06 bits per heavy atom. The second-order valence-corrected chi connectivity index (χ2v) is 8.82. The Kier molecular flexibility index (Phi) is 5.41. The lowest BCUT2D eigenvalue weighted by molar-refractivity contribution is 0.0789. The van der Waals surface area contributed by atoms with Gasteiger partial charge in [-0.15, -0.1) is 0 Å². The van der Waals surface area contributed by atoms with Crippen LogP contribution in [-0.4, -0.2) is 44.9 Å². The molecule has 176 valence electrons. The van der Waals surface area contributed by atoms with E-state index in [-0.39, 0.29) is 12.0 Å². The maximum Gasteiger partial charge on any atom is 0.254 e. The van der Waals surface area contributed by atoms with Crippen LogP contribution in [0.5, 0.6) is 11.5 Å². The predicted molar refractivity (Wildman–Crippen MR) is 130 cm³/mol. The molecular formula is C27H25N5O3. The fourth-order valence-electron chi connectivity index (χ4n) is 4.65. The average Bonchev–Trinajstić information content (AvgIpc) is 3.18. The number of aromatic nitrogens is 4. The number of carbonyl (C=O) groups excluding carboxylic acids is 1. The van der Waals surface area contributed by atoms with Gasteiger partial charge in [-0.1, -0.05) is 36.4 Å². The number of aryl methyl sites for hydroxylation is 2. The summed E-state index contributed by atoms with van der Waals surface area (Å²) >= 11 is 0. The van der Waals surface area contributed by atoms with E-state index in [1.807, 2.05) is 43.5 Å². The molecule has 0 fully saturated rings. The van der Waals surface area contributed by atoms with Crippen LogP contribution < -0.4 is 14.8 Å². The fraction of sp³-hybridized carbons (Fsp3) is 0.259. The Hall–Kier alpha value is -4.20. The third kappa shape index (κ3) is 4.01. The van der Waals surface area contributed by atoms with Gasteiger partial charge in [0.15, 0.2) is 11.5 Å². The molecule has 2 aromatic heterocycles. The van der Waals surface area contributed by atoms with Gasteiger partial charge in [-0.25, -0.2) is 14.6 Å². The standard InChI is InChI=1S/C27H25N5O3/c1-17-22(26(33)28-14-20-16-34-23-11-4-5-12-24(23)35-20)15-30-32(17)27-29-13-19-9-6-8-18-7-2-3-10-21(18)25(19)31-27/h2-5,7,10-13,15,20H,6,8-9,14,16H2,1H3,(H,28,33)/t20-/m1/s1. The summed E-state index contributed by atoms with van der Waals surface area (Å²) < 4.78 is 13.3. The van der Waals surface area contributed by atoms with Crippen molar-refractivity contribution in [2.24, 2.45) is 0 Å². The van der Waals surface area contributed by atoms with E-state index in [4.69, 9.17) is 14.5 Å². The molecule has 0 bridgehead atoms. The van der Waals surface area contributed by atoms with Crippen LogP contribution in [0.4, 0.5) is 0 Å². The zero-order valence-corrected chi connectivity index (χ0v) is 19.4. The molecule has 1 amide bonds. The lowest BCUT2D eigenvalue weighted by Gasteiger charge is -2.26. The minimum absolute atomic E-state index is 0.226. The highest BCUT2D eigenvalue weighted by molar-refractivity contribution is 5.95. The Morgan fingerprint density at radius 2 is 1.86 bits per heavy atom. The second kappa shape index (κ2) is 8.87. The third-order valence-corrected chi connectivity index (χ3v) is 6.52. The number of nitrogens with one attached hydrogen (secondary N) is 1. The quantitative estimate of drug-likeness (QED) is 0.492. The van der Waals surface area contributed by atoms with Crippen molar-refractivity contribution < 1.29 is 14.3 Å². The lowest BCUT2D eigenvalue weighted by atomic mass is 10.0. The summed E-state index contributed by atoms with van der Waals surface area (Å²) in [5.41, 5.74) is 5.67. The molecule has 8 heteroatoms. The van der Waals surface area contributed by atoms with Crippen LogP contribution in [0.1, 0.15) is 33.6 Å². The van der Waals surface area contributed by atoms with Gasteiger partial charge in [0.1, 0.15) is 12.7 Å². The number of fused-ring (bicyclic) bond motifs is 4. The summed E-state index contributed by atoms with van der Waals surface area (Å²) in [5, 5.41) is 7.37. The molecule has 0 saturated carbocycles. The van der Waals surface area contributed by atoms with Crippen molar-refractivity contribution in [2.75, 3.05) is 13.2 Å². The Morgan fingerprint density at radius 3 is 2.77 bits per heavy atom. The first-order valence-electron chi connectivity index (χ1n) is 11.8. The number of para-hydroxylation sites is 2. The summed E-state index contributed by atoms with van der Waals surface area (Å²) in [6.07, 6.45) is 6.21. The van der Waals surface area contributed by atoms with E-state index in [1.165, 1.54) is 5.56 Å². The molecule has 8 nitrogen and oxygen atoms in total. The van der Waals surface area contributed by atoms with Crippen molar-refractivity contribution in [1.29, 1.82) is 0 Å². The van der Waals surface area contributed by atoms with Crippen molar-refractivity contribution in [3.05, 3.63) is 83.3 Å². The number of rotatable bonds is 4. The number of ether oxygens (including phenoxy) is 2. The second-order valence-electron chi connectivity index (χ2n) is 8.82. The third-order valence-electron chi connectivity index (χ3n) is 6.52. The number of amides is 1. The van der Waals surface area contributed by atoms with E-state index in [9.17, 15) is 4.79 Å². The smallest absolute Gasteiger partial charge is 0.254 e. The molecule has 1 atom stereocenters. The van der Waals surface area contributed by atoms with Crippen LogP contribution >= 0.6 is 0 Å². The maximum absolute atomic E-state index is 12.9. The van der Waals surface area contributed by atoms with Crippen molar-refractivity contribution in [3.63, 3.8) is 0 Å². The van der Waals surface area contributed by atoms with Gasteiger partial charge < -0.3 is 14.8 Å². The van der Waals surface area contributed by atoms with Crippen LogP contribution in [0.15, 0.2) is 60.9 Å². The molecule has 1 aliphatic heterocycles. The van der Waals surface area contributed by atoms with E-state index in [2.05, 4.69) is 33.6 Å². The SMILES string of the molecule is Cc1c(C(=O)NC[C@@H]2COc3ccccc3O2)cnn1-c1ncc2c(n1)-c1ccccc1CCC2. The maximum atomic E-state index is 12.9. The van der Waals surface area contributed by atoms with E-state index in [0.717, 1.165) is 41.8 Å². The van der Waals surface area contributed by atoms with Crippen LogP contribution in [0.3, 0.4) is 0 Å². The van der Waals surface area contributed by atoms with Crippen molar-refractivity contribution in [3.8, 4) is 28.7 Å². The predicted octanol–water partition coefficient (Wildman–Crippen LogP) is 3.70. The highest BCUT2D eigenvalue weighted by atomic mass is 16.6. The minimum Gasteiger partial charge on any atom is -0.486 e. The summed E-state index contributed by atoms with van der Waals surface area (Å²) in [5.74, 6) is 1.63. The largest absolute Gasteiger partial charge is 0.486 e. The van der Waals surface area contributed by atoms with Crippen LogP contribution in [-0.2, 0) is 12.8 Å². The Labute approximate surface area is 202 Å². The molecule has 0 spiro atoms. The van der Waals surface area contributed by atoms with Crippen LogP contribution in [0, 0.1) is 6.92 Å². The molecule has 35 heavy (non-hydrogen) atoms. The first-order chi connectivity index (χ1) is 17.2. The summed E-state index contributed by atoms with van der Waals surface area (Å²) in [7, 11) is 0. The highest BCUT2D eigenvalue weighted by Crippen LogP contribution is 2.32. The molecule has 3 heterocycles. The molecule has 0 saturated heterocycles. The fourth-order valence-corrected chi connectivity index (χ4v) is 4.65. The molecular weight excluding hydrogens is 442 g/mol. The topological polar surface area (TPSA) is 91.2 Å².